The van der Waals surface area contributed by atoms with E-state index in [1.54, 1.807) is 21.3 Å². The lowest BCUT2D eigenvalue weighted by molar-refractivity contribution is 0.136. The van der Waals surface area contributed by atoms with Gasteiger partial charge in [0.15, 0.2) is 42.3 Å². The quantitative estimate of drug-likeness (QED) is 0.222. The van der Waals surface area contributed by atoms with Crippen LogP contribution >= 0.6 is 0 Å². The number of hydrogen-bond donors (Lipinski definition) is 0. The highest BCUT2D eigenvalue weighted by Gasteiger charge is 2.54. The highest BCUT2D eigenvalue weighted by Crippen LogP contribution is 2.36. The minimum atomic E-state index is -3.02. The summed E-state index contributed by atoms with van der Waals surface area (Å²) >= 11 is 0. The summed E-state index contributed by atoms with van der Waals surface area (Å²) in [6, 6.07) is 0. The Morgan fingerprint density at radius 2 is 0.765 bits per heavy atom. The lowest BCUT2D eigenvalue weighted by Gasteiger charge is -2.45. The topological polar surface area (TPSA) is 55.4 Å². The summed E-state index contributed by atoms with van der Waals surface area (Å²) in [7, 11) is -10.8. The molecule has 0 rings (SSSR count). The van der Waals surface area contributed by atoms with Gasteiger partial charge in [0.05, 0.1) is 0 Å². The summed E-state index contributed by atoms with van der Waals surface area (Å²) in [5.41, 5.74) is 0. The lowest BCUT2D eigenvalue weighted by Crippen LogP contribution is -2.61. The molecule has 0 radical (unpaired) electrons. The van der Waals surface area contributed by atoms with Gasteiger partial charge in [0.1, 0.15) is 0 Å². The molecule has 0 heterocycles. The molecule has 0 unspecified atom stereocenters. The molecule has 34 heavy (non-hydrogen) atoms. The molecule has 0 aliphatic rings. The summed E-state index contributed by atoms with van der Waals surface area (Å²) in [6.07, 6.45) is 0. The van der Waals surface area contributed by atoms with E-state index in [4.69, 9.17) is 25.6 Å². The van der Waals surface area contributed by atoms with Gasteiger partial charge in [0.2, 0.25) is 8.32 Å². The van der Waals surface area contributed by atoms with Crippen LogP contribution in [0.2, 0.25) is 78.6 Å². The molecule has 0 saturated heterocycles. The van der Waals surface area contributed by atoms with Crippen molar-refractivity contribution in [2.45, 2.75) is 78.6 Å². The molecule has 0 aromatic rings. The van der Waals surface area contributed by atoms with E-state index in [1.165, 1.54) is 4.82 Å². The fourth-order valence-electron chi connectivity index (χ4n) is 4.62. The lowest BCUT2D eigenvalue weighted by atomic mass is 11.2. The van der Waals surface area contributed by atoms with Crippen molar-refractivity contribution < 1.29 is 25.6 Å². The Morgan fingerprint density at radius 1 is 0.500 bits per heavy atom. The van der Waals surface area contributed by atoms with E-state index < -0.39 is 59.4 Å². The molecule has 0 aliphatic carbocycles. The van der Waals surface area contributed by atoms with Crippen molar-refractivity contribution in [3.05, 3.63) is 34.2 Å². The third-order valence-electron chi connectivity index (χ3n) is 6.36. The van der Waals surface area contributed by atoms with Crippen LogP contribution in [-0.4, -0.2) is 80.8 Å². The van der Waals surface area contributed by atoms with Gasteiger partial charge in [-0.2, -0.15) is 0 Å². The average molecular weight is 597 g/mol. The Kier molecular flexibility index (Phi) is 12.1. The highest BCUT2D eigenvalue weighted by atomic mass is 28.5. The van der Waals surface area contributed by atoms with Crippen LogP contribution in [0.4, 0.5) is 0 Å². The Hall–Kier alpha value is 0.498. The van der Waals surface area contributed by atoms with Gasteiger partial charge >= 0.3 is 8.80 Å². The van der Waals surface area contributed by atoms with Crippen molar-refractivity contribution in [1.82, 2.24) is 0 Å². The summed E-state index contributed by atoms with van der Waals surface area (Å²) in [4.78, 5) is 3.18. The third kappa shape index (κ3) is 8.25. The highest BCUT2D eigenvalue weighted by molar-refractivity contribution is 7.10. The van der Waals surface area contributed by atoms with Crippen LogP contribution in [0.5, 0.6) is 0 Å². The van der Waals surface area contributed by atoms with Crippen LogP contribution in [0.25, 0.3) is 0 Å². The minimum absolute atomic E-state index is 0.826. The van der Waals surface area contributed by atoms with Crippen LogP contribution in [0.15, 0.2) is 34.2 Å². The maximum Gasteiger partial charge on any atom is 0.529 e. The molecule has 0 saturated carbocycles. The van der Waals surface area contributed by atoms with Crippen molar-refractivity contribution in [1.29, 1.82) is 0 Å². The van der Waals surface area contributed by atoms with E-state index in [0.29, 0.717) is 0 Å². The Morgan fingerprint density at radius 3 is 1.03 bits per heavy atom. The van der Waals surface area contributed by atoms with Gasteiger partial charge in [0, 0.05) is 26.1 Å². The van der Waals surface area contributed by atoms with Gasteiger partial charge in [-0.25, -0.2) is 0 Å². The van der Waals surface area contributed by atoms with Crippen LogP contribution < -0.4 is 0 Å². The second-order valence-electron chi connectivity index (χ2n) is 11.5. The zero-order valence-corrected chi connectivity index (χ0v) is 31.8. The number of hydrogen-bond acceptors (Lipinski definition) is 6. The fraction of sp³-hybridized carbons (Fsp3) is 0.714. The van der Waals surface area contributed by atoms with Crippen LogP contribution in [-0.2, 0) is 25.6 Å². The van der Waals surface area contributed by atoms with E-state index in [1.807, 2.05) is 0 Å². The third-order valence-corrected chi connectivity index (χ3v) is 38.3. The molecule has 0 spiro atoms. The van der Waals surface area contributed by atoms with E-state index in [0.717, 1.165) is 9.64 Å². The standard InChI is InChI=1S/C21H52O6Si7/c1-19(29(9,10)25-28(7)8)30(11,12)26-31(13,14)20(2)32(15,16)27-33(17,18)21(3)34(22-4,23-5)24-6/h28H,1-3H2,4-18H3. The molecule has 13 heteroatoms. The molecule has 0 atom stereocenters. The zero-order chi connectivity index (χ0) is 27.6. The van der Waals surface area contributed by atoms with Crippen molar-refractivity contribution >= 4 is 59.4 Å². The first-order valence-electron chi connectivity index (χ1n) is 11.8. The summed E-state index contributed by atoms with van der Waals surface area (Å²) < 4.78 is 37.5. The maximum absolute atomic E-state index is 7.04. The molecular formula is C21H52O6Si7. The molecular weight excluding hydrogens is 545 g/mol. The van der Waals surface area contributed by atoms with Crippen molar-refractivity contribution in [3.63, 3.8) is 0 Å². The monoisotopic (exact) mass is 596 g/mol. The molecule has 0 aromatic heterocycles. The van der Waals surface area contributed by atoms with Crippen molar-refractivity contribution in [2.24, 2.45) is 0 Å². The zero-order valence-electron chi connectivity index (χ0n) is 24.6. The predicted molar refractivity (Wildman–Crippen MR) is 164 cm³/mol. The molecule has 0 aliphatic heterocycles. The second-order valence-corrected chi connectivity index (χ2v) is 38.8. The Bertz CT molecular complexity index is 750. The first kappa shape index (κ1) is 34.5. The van der Waals surface area contributed by atoms with Gasteiger partial charge in [0.25, 0.3) is 0 Å². The molecule has 6 nitrogen and oxygen atoms in total. The maximum atomic E-state index is 7.04. The normalized spacial score (nSPS) is 14.5. The first-order valence-corrected chi connectivity index (χ1v) is 30.9. The van der Waals surface area contributed by atoms with Gasteiger partial charge in [-0.1, -0.05) is 6.58 Å². The van der Waals surface area contributed by atoms with Gasteiger partial charge in [-0.3, -0.25) is 0 Å². The predicted octanol–water partition coefficient (Wildman–Crippen LogP) is 5.83. The van der Waals surface area contributed by atoms with Gasteiger partial charge in [-0.15, -0.1) is 13.2 Å². The molecule has 0 N–H and O–H groups in total. The molecule has 0 aromatic carbocycles. The SMILES string of the molecule is C=C([Si](C)(C)O[SiH](C)C)[Si](C)(C)O[Si](C)(C)C(=C)[Si](C)(C)O[Si](C)(C)C(=C)[Si](OC)(OC)OC. The summed E-state index contributed by atoms with van der Waals surface area (Å²) in [6.45, 7) is 40.1. The Balaban J connectivity index is 5.89. The van der Waals surface area contributed by atoms with E-state index in [2.05, 4.69) is 98.3 Å². The molecule has 0 bridgehead atoms. The summed E-state index contributed by atoms with van der Waals surface area (Å²) in [5, 5.41) is 0. The smallest absolute Gasteiger partial charge is 0.455 e. The Labute approximate surface area is 218 Å². The molecule has 0 fully saturated rings. The van der Waals surface area contributed by atoms with Crippen LogP contribution in [0.3, 0.4) is 0 Å². The fourth-order valence-corrected chi connectivity index (χ4v) is 41.2. The van der Waals surface area contributed by atoms with Crippen molar-refractivity contribution in [2.75, 3.05) is 21.3 Å². The summed E-state index contributed by atoms with van der Waals surface area (Å²) in [5.74, 6) is 0. The van der Waals surface area contributed by atoms with Gasteiger partial charge in [-0.05, 0) is 88.2 Å². The van der Waals surface area contributed by atoms with Crippen molar-refractivity contribution in [3.8, 4) is 0 Å². The van der Waals surface area contributed by atoms with E-state index in [9.17, 15) is 0 Å². The average Bonchev–Trinajstić information content (AvgIpc) is 2.65. The largest absolute Gasteiger partial charge is 0.529 e. The van der Waals surface area contributed by atoms with Gasteiger partial charge < -0.3 is 25.6 Å². The van der Waals surface area contributed by atoms with E-state index >= 15 is 0 Å². The van der Waals surface area contributed by atoms with Crippen LogP contribution in [0.1, 0.15) is 0 Å². The first-order chi connectivity index (χ1) is 15.0. The van der Waals surface area contributed by atoms with Crippen LogP contribution in [0, 0.1) is 0 Å². The van der Waals surface area contributed by atoms with E-state index in [-0.39, 0.29) is 0 Å². The minimum Gasteiger partial charge on any atom is -0.455 e. The molecule has 0 amide bonds. The second kappa shape index (κ2) is 11.9. The molecule has 200 valence electrons. The number of rotatable bonds is 15.